The van der Waals surface area contributed by atoms with Gasteiger partial charge in [-0.25, -0.2) is 9.79 Å². The Balaban J connectivity index is 2.36. The van der Waals surface area contributed by atoms with Gasteiger partial charge in [0.05, 0.1) is 20.3 Å². The monoisotopic (exact) mass is 422 g/mol. The van der Waals surface area contributed by atoms with E-state index in [0.29, 0.717) is 22.8 Å². The van der Waals surface area contributed by atoms with Gasteiger partial charge < -0.3 is 19.5 Å². The number of carbonyl (C=O) groups is 2. The van der Waals surface area contributed by atoms with Gasteiger partial charge in [-0.3, -0.25) is 4.79 Å². The molecular weight excluding hydrogens is 407 g/mol. The highest BCUT2D eigenvalue weighted by Gasteiger charge is 2.39. The molecular formula is C16H17Cl3N2O5. The molecule has 1 aliphatic rings. The Labute approximate surface area is 165 Å². The van der Waals surface area contributed by atoms with E-state index in [9.17, 15) is 9.59 Å². The molecule has 2 unspecified atom stereocenters. The highest BCUT2D eigenvalue weighted by atomic mass is 35.6. The Hall–Kier alpha value is -1.70. The number of amides is 2. The number of esters is 1. The molecule has 1 N–H and O–H groups in total. The Bertz CT molecular complexity index is 733. The third-order valence-corrected chi connectivity index (χ3v) is 4.07. The highest BCUT2D eigenvalue weighted by Crippen LogP contribution is 2.35. The fourth-order valence-electron chi connectivity index (χ4n) is 2.59. The first-order chi connectivity index (χ1) is 12.2. The zero-order chi connectivity index (χ0) is 19.5. The van der Waals surface area contributed by atoms with Crippen LogP contribution in [-0.2, 0) is 9.53 Å². The first-order valence-corrected chi connectivity index (χ1v) is 8.60. The predicted octanol–water partition coefficient (Wildman–Crippen LogP) is 3.46. The minimum absolute atomic E-state index is 0.294. The third-order valence-electron chi connectivity index (χ3n) is 3.74. The minimum Gasteiger partial charge on any atom is -0.493 e. The largest absolute Gasteiger partial charge is 0.493 e. The molecule has 0 spiro atoms. The number of ether oxygens (including phenoxy) is 3. The van der Waals surface area contributed by atoms with Crippen LogP contribution in [0.3, 0.4) is 0 Å². The van der Waals surface area contributed by atoms with Crippen molar-refractivity contribution in [2.24, 2.45) is 10.9 Å². The van der Waals surface area contributed by atoms with Crippen molar-refractivity contribution in [1.29, 1.82) is 0 Å². The standard InChI is InChI=1S/C16H17Cl3N2O5/c1-8-12(14(22)26-7-16(17,18)19)13(21-15(23)20-8)9-4-5-10(24-2)11(6-9)25-3/h4-6,12-13H,7H2,1-3H3,(H,21,23). The molecule has 0 bridgehead atoms. The second-order valence-corrected chi connectivity index (χ2v) is 8.01. The molecule has 2 atom stereocenters. The van der Waals surface area contributed by atoms with Gasteiger partial charge in [-0.05, 0) is 24.6 Å². The van der Waals surface area contributed by atoms with E-state index in [4.69, 9.17) is 49.0 Å². The summed E-state index contributed by atoms with van der Waals surface area (Å²) < 4.78 is 13.8. The summed E-state index contributed by atoms with van der Waals surface area (Å²) in [4.78, 5) is 28.2. The Morgan fingerprint density at radius 2 is 1.88 bits per heavy atom. The summed E-state index contributed by atoms with van der Waals surface area (Å²) in [6, 6.07) is 3.76. The number of hydrogen-bond acceptors (Lipinski definition) is 5. The predicted molar refractivity (Wildman–Crippen MR) is 98.7 cm³/mol. The second kappa shape index (κ2) is 8.33. The van der Waals surface area contributed by atoms with Crippen molar-refractivity contribution < 1.29 is 23.8 Å². The second-order valence-electron chi connectivity index (χ2n) is 5.50. The molecule has 10 heteroatoms. The number of methoxy groups -OCH3 is 2. The average Bonchev–Trinajstić information content (AvgIpc) is 2.57. The highest BCUT2D eigenvalue weighted by molar-refractivity contribution is 6.67. The van der Waals surface area contributed by atoms with E-state index >= 15 is 0 Å². The summed E-state index contributed by atoms with van der Waals surface area (Å²) in [6.45, 7) is 1.14. The van der Waals surface area contributed by atoms with Gasteiger partial charge in [0.1, 0.15) is 12.5 Å². The lowest BCUT2D eigenvalue weighted by Crippen LogP contribution is -2.44. The number of rotatable bonds is 5. The normalized spacial score (nSPS) is 20.1. The van der Waals surface area contributed by atoms with Crippen molar-refractivity contribution in [3.05, 3.63) is 23.8 Å². The lowest BCUT2D eigenvalue weighted by Gasteiger charge is -2.30. The van der Waals surface area contributed by atoms with Crippen molar-refractivity contribution in [1.82, 2.24) is 5.32 Å². The van der Waals surface area contributed by atoms with Gasteiger partial charge in [-0.1, -0.05) is 40.9 Å². The smallest absolute Gasteiger partial charge is 0.341 e. The molecule has 1 heterocycles. The molecule has 142 valence electrons. The van der Waals surface area contributed by atoms with Gasteiger partial charge in [0.15, 0.2) is 11.5 Å². The number of nitrogens with one attached hydrogen (secondary N) is 1. The van der Waals surface area contributed by atoms with Crippen LogP contribution in [0.1, 0.15) is 18.5 Å². The van der Waals surface area contributed by atoms with Crippen molar-refractivity contribution in [2.45, 2.75) is 16.8 Å². The van der Waals surface area contributed by atoms with Gasteiger partial charge in [0, 0.05) is 5.71 Å². The number of benzene rings is 1. The van der Waals surface area contributed by atoms with Gasteiger partial charge in [0.2, 0.25) is 3.79 Å². The number of urea groups is 1. The minimum atomic E-state index is -1.74. The summed E-state index contributed by atoms with van der Waals surface area (Å²) >= 11 is 16.9. The van der Waals surface area contributed by atoms with Crippen LogP contribution < -0.4 is 14.8 Å². The number of alkyl halides is 3. The van der Waals surface area contributed by atoms with Crippen molar-refractivity contribution >= 4 is 52.5 Å². The Kier molecular flexibility index (Phi) is 6.60. The lowest BCUT2D eigenvalue weighted by molar-refractivity contribution is -0.146. The molecule has 26 heavy (non-hydrogen) atoms. The van der Waals surface area contributed by atoms with Crippen LogP contribution in [0.5, 0.6) is 11.5 Å². The number of halogens is 3. The van der Waals surface area contributed by atoms with Crippen LogP contribution in [-0.4, -0.2) is 42.3 Å². The fraction of sp³-hybridized carbons (Fsp3) is 0.438. The van der Waals surface area contributed by atoms with E-state index in [2.05, 4.69) is 10.3 Å². The number of carbonyl (C=O) groups excluding carboxylic acids is 2. The SMILES string of the molecule is COc1ccc(C2NC(=O)N=C(C)C2C(=O)OCC(Cl)(Cl)Cl)cc1OC. The maximum Gasteiger partial charge on any atom is 0.341 e. The van der Waals surface area contributed by atoms with Crippen LogP contribution >= 0.6 is 34.8 Å². The van der Waals surface area contributed by atoms with Crippen molar-refractivity contribution in [2.75, 3.05) is 20.8 Å². The summed E-state index contributed by atoms with van der Waals surface area (Å²) in [5, 5.41) is 2.66. The van der Waals surface area contributed by atoms with Crippen LogP contribution in [0.2, 0.25) is 0 Å². The van der Waals surface area contributed by atoms with E-state index in [-0.39, 0.29) is 0 Å². The summed E-state index contributed by atoms with van der Waals surface area (Å²) in [6.07, 6.45) is 0. The van der Waals surface area contributed by atoms with Crippen molar-refractivity contribution in [3.63, 3.8) is 0 Å². The van der Waals surface area contributed by atoms with Gasteiger partial charge in [-0.15, -0.1) is 0 Å². The molecule has 1 aromatic rings. The maximum absolute atomic E-state index is 12.5. The summed E-state index contributed by atoms with van der Waals surface area (Å²) in [5.74, 6) is -0.581. The molecule has 0 aromatic heterocycles. The first kappa shape index (κ1) is 20.6. The van der Waals surface area contributed by atoms with E-state index in [0.717, 1.165) is 0 Å². The summed E-state index contributed by atoms with van der Waals surface area (Å²) in [7, 11) is 2.99. The average molecular weight is 424 g/mol. The van der Waals surface area contributed by atoms with Crippen molar-refractivity contribution in [3.8, 4) is 11.5 Å². The lowest BCUT2D eigenvalue weighted by atomic mass is 9.88. The zero-order valence-electron chi connectivity index (χ0n) is 14.2. The van der Waals surface area contributed by atoms with Crippen LogP contribution in [0.15, 0.2) is 23.2 Å². The van der Waals surface area contributed by atoms with Crippen LogP contribution in [0.25, 0.3) is 0 Å². The van der Waals surface area contributed by atoms with E-state index in [1.807, 2.05) is 0 Å². The molecule has 0 fully saturated rings. The van der Waals surface area contributed by atoms with Gasteiger partial charge >= 0.3 is 12.0 Å². The molecule has 0 radical (unpaired) electrons. The van der Waals surface area contributed by atoms with Gasteiger partial charge in [-0.2, -0.15) is 0 Å². The number of nitrogens with zero attached hydrogens (tertiary/aromatic N) is 1. The molecule has 1 aliphatic heterocycles. The quantitative estimate of drug-likeness (QED) is 0.579. The topological polar surface area (TPSA) is 86.2 Å². The van der Waals surface area contributed by atoms with Gasteiger partial charge in [0.25, 0.3) is 0 Å². The molecule has 1 aromatic carbocycles. The van der Waals surface area contributed by atoms with Crippen LogP contribution in [0, 0.1) is 5.92 Å². The van der Waals surface area contributed by atoms with E-state index < -0.39 is 34.4 Å². The Morgan fingerprint density at radius 3 is 2.46 bits per heavy atom. The number of hydrogen-bond donors (Lipinski definition) is 1. The molecule has 0 aliphatic carbocycles. The molecule has 0 saturated heterocycles. The van der Waals surface area contributed by atoms with E-state index in [1.165, 1.54) is 14.2 Å². The fourth-order valence-corrected chi connectivity index (χ4v) is 2.75. The zero-order valence-corrected chi connectivity index (χ0v) is 16.5. The number of aliphatic imine (C=N–C) groups is 1. The summed E-state index contributed by atoms with van der Waals surface area (Å²) in [5.41, 5.74) is 0.906. The molecule has 0 saturated carbocycles. The first-order valence-electron chi connectivity index (χ1n) is 7.47. The van der Waals surface area contributed by atoms with Crippen LogP contribution in [0.4, 0.5) is 4.79 Å². The maximum atomic E-state index is 12.5. The molecule has 7 nitrogen and oxygen atoms in total. The molecule has 2 rings (SSSR count). The third kappa shape index (κ3) is 4.93. The Morgan fingerprint density at radius 1 is 1.23 bits per heavy atom. The van der Waals surface area contributed by atoms with E-state index in [1.54, 1.807) is 25.1 Å². The molecule has 2 amide bonds.